The van der Waals surface area contributed by atoms with Crippen molar-refractivity contribution in [1.29, 1.82) is 0 Å². The number of ether oxygens (including phenoxy) is 2. The molecule has 3 rings (SSSR count). The molecule has 0 atom stereocenters. The number of amides is 2. The van der Waals surface area contributed by atoms with Gasteiger partial charge >= 0.3 is 0 Å². The van der Waals surface area contributed by atoms with Gasteiger partial charge in [-0.3, -0.25) is 9.59 Å². The second kappa shape index (κ2) is 9.85. The molecule has 2 aromatic rings. The predicted molar refractivity (Wildman–Crippen MR) is 112 cm³/mol. The number of likely N-dealkylation sites (tertiary alicyclic amines) is 1. The number of piperidine rings is 1. The van der Waals surface area contributed by atoms with Crippen LogP contribution < -0.4 is 14.8 Å². The molecule has 1 N–H and O–H groups in total. The quantitative estimate of drug-likeness (QED) is 0.747. The lowest BCUT2D eigenvalue weighted by Gasteiger charge is -2.32. The lowest BCUT2D eigenvalue weighted by Crippen LogP contribution is -2.47. The van der Waals surface area contributed by atoms with Crippen molar-refractivity contribution in [2.24, 2.45) is 0 Å². The van der Waals surface area contributed by atoms with Crippen molar-refractivity contribution >= 4 is 35.0 Å². The molecule has 1 fully saturated rings. The molecule has 0 radical (unpaired) electrons. The lowest BCUT2D eigenvalue weighted by atomic mass is 10.0. The highest BCUT2D eigenvalue weighted by atomic mass is 35.5. The number of carbonyl (C=O) groups is 2. The number of hydrogen-bond acceptors (Lipinski definition) is 4. The van der Waals surface area contributed by atoms with Gasteiger partial charge in [0, 0.05) is 24.7 Å². The standard InChI is InChI=1S/C21H22Cl2N2O4/c1-28-18-4-2-3-5-19(18)29-13-20(26)24-15-8-10-25(11-9-15)21(27)14-6-7-16(22)17(23)12-14/h2-7,12,15H,8-11,13H2,1H3,(H,24,26). The first-order chi connectivity index (χ1) is 14.0. The van der Waals surface area contributed by atoms with Crippen LogP contribution in [0.1, 0.15) is 23.2 Å². The van der Waals surface area contributed by atoms with Crippen molar-refractivity contribution in [2.75, 3.05) is 26.8 Å². The van der Waals surface area contributed by atoms with E-state index in [2.05, 4.69) is 5.32 Å². The van der Waals surface area contributed by atoms with E-state index in [1.807, 2.05) is 12.1 Å². The fourth-order valence-electron chi connectivity index (χ4n) is 3.19. The van der Waals surface area contributed by atoms with Gasteiger partial charge in [-0.15, -0.1) is 0 Å². The molecular formula is C21H22Cl2N2O4. The van der Waals surface area contributed by atoms with Gasteiger partial charge in [0.2, 0.25) is 0 Å². The summed E-state index contributed by atoms with van der Waals surface area (Å²) in [5, 5.41) is 3.73. The van der Waals surface area contributed by atoms with Crippen LogP contribution in [0.3, 0.4) is 0 Å². The van der Waals surface area contributed by atoms with Gasteiger partial charge in [-0.25, -0.2) is 0 Å². The Balaban J connectivity index is 1.46. The molecule has 6 nitrogen and oxygen atoms in total. The molecule has 0 saturated carbocycles. The van der Waals surface area contributed by atoms with Crippen LogP contribution in [-0.4, -0.2) is 49.6 Å². The smallest absolute Gasteiger partial charge is 0.258 e. The van der Waals surface area contributed by atoms with E-state index in [4.69, 9.17) is 32.7 Å². The fourth-order valence-corrected chi connectivity index (χ4v) is 3.49. The van der Waals surface area contributed by atoms with Gasteiger partial charge in [0.15, 0.2) is 18.1 Å². The fraction of sp³-hybridized carbons (Fsp3) is 0.333. The molecule has 1 heterocycles. The minimum Gasteiger partial charge on any atom is -0.493 e. The maximum atomic E-state index is 12.6. The van der Waals surface area contributed by atoms with Crippen LogP contribution in [-0.2, 0) is 4.79 Å². The minimum atomic E-state index is -0.204. The number of nitrogens with one attached hydrogen (secondary N) is 1. The van der Waals surface area contributed by atoms with Gasteiger partial charge in [-0.2, -0.15) is 0 Å². The van der Waals surface area contributed by atoms with Crippen molar-refractivity contribution < 1.29 is 19.1 Å². The number of methoxy groups -OCH3 is 1. The molecule has 0 bridgehead atoms. The average molecular weight is 437 g/mol. The summed E-state index contributed by atoms with van der Waals surface area (Å²) in [7, 11) is 1.55. The highest BCUT2D eigenvalue weighted by molar-refractivity contribution is 6.42. The van der Waals surface area contributed by atoms with E-state index in [0.717, 1.165) is 0 Å². The van der Waals surface area contributed by atoms with Gasteiger partial charge < -0.3 is 19.7 Å². The van der Waals surface area contributed by atoms with E-state index < -0.39 is 0 Å². The van der Waals surface area contributed by atoms with Crippen molar-refractivity contribution in [3.8, 4) is 11.5 Å². The topological polar surface area (TPSA) is 67.9 Å². The highest BCUT2D eigenvalue weighted by Crippen LogP contribution is 2.26. The van der Waals surface area contributed by atoms with Crippen molar-refractivity contribution in [2.45, 2.75) is 18.9 Å². The molecular weight excluding hydrogens is 415 g/mol. The first-order valence-corrected chi connectivity index (χ1v) is 10.0. The highest BCUT2D eigenvalue weighted by Gasteiger charge is 2.25. The second-order valence-electron chi connectivity index (χ2n) is 6.70. The molecule has 29 heavy (non-hydrogen) atoms. The number of nitrogens with zero attached hydrogens (tertiary/aromatic N) is 1. The van der Waals surface area contributed by atoms with E-state index in [1.54, 1.807) is 42.3 Å². The molecule has 0 aliphatic carbocycles. The predicted octanol–water partition coefficient (Wildman–Crippen LogP) is 3.80. The summed E-state index contributed by atoms with van der Waals surface area (Å²) in [5.41, 5.74) is 0.507. The summed E-state index contributed by atoms with van der Waals surface area (Å²) in [6, 6.07) is 12.0. The monoisotopic (exact) mass is 436 g/mol. The van der Waals surface area contributed by atoms with Crippen LogP contribution in [0.25, 0.3) is 0 Å². The summed E-state index contributed by atoms with van der Waals surface area (Å²) in [6.45, 7) is 1.01. The van der Waals surface area contributed by atoms with Crippen LogP contribution >= 0.6 is 23.2 Å². The summed E-state index contributed by atoms with van der Waals surface area (Å²) in [6.07, 6.45) is 1.35. The third-order valence-electron chi connectivity index (χ3n) is 4.74. The third kappa shape index (κ3) is 5.55. The molecule has 154 valence electrons. The summed E-state index contributed by atoms with van der Waals surface area (Å²) in [5.74, 6) is 0.805. The Morgan fingerprint density at radius 2 is 1.76 bits per heavy atom. The van der Waals surface area contributed by atoms with Crippen molar-refractivity contribution in [3.63, 3.8) is 0 Å². The number of hydrogen-bond donors (Lipinski definition) is 1. The molecule has 1 saturated heterocycles. The van der Waals surface area contributed by atoms with Crippen molar-refractivity contribution in [1.82, 2.24) is 10.2 Å². The first kappa shape index (κ1) is 21.3. The van der Waals surface area contributed by atoms with E-state index in [0.29, 0.717) is 53.0 Å². The number of benzene rings is 2. The minimum absolute atomic E-state index is 0.00150. The zero-order valence-electron chi connectivity index (χ0n) is 16.0. The van der Waals surface area contributed by atoms with Crippen LogP contribution in [0, 0.1) is 0 Å². The first-order valence-electron chi connectivity index (χ1n) is 9.27. The number of rotatable bonds is 6. The molecule has 2 aromatic carbocycles. The van der Waals surface area contributed by atoms with Crippen LogP contribution in [0.2, 0.25) is 10.0 Å². The van der Waals surface area contributed by atoms with Gasteiger partial charge in [-0.1, -0.05) is 35.3 Å². The summed E-state index contributed by atoms with van der Waals surface area (Å²) in [4.78, 5) is 26.6. The Morgan fingerprint density at radius 1 is 1.07 bits per heavy atom. The molecule has 1 aliphatic heterocycles. The average Bonchev–Trinajstić information content (AvgIpc) is 2.74. The number of halogens is 2. The zero-order valence-corrected chi connectivity index (χ0v) is 17.5. The molecule has 0 unspecified atom stereocenters. The summed E-state index contributed by atoms with van der Waals surface area (Å²) >= 11 is 11.9. The van der Waals surface area contributed by atoms with Gasteiger partial charge in [0.05, 0.1) is 17.2 Å². The van der Waals surface area contributed by atoms with E-state index in [1.165, 1.54) is 0 Å². The van der Waals surface area contributed by atoms with E-state index in [9.17, 15) is 9.59 Å². The zero-order chi connectivity index (χ0) is 20.8. The van der Waals surface area contributed by atoms with Crippen LogP contribution in [0.15, 0.2) is 42.5 Å². The molecule has 8 heteroatoms. The largest absolute Gasteiger partial charge is 0.493 e. The van der Waals surface area contributed by atoms with Crippen molar-refractivity contribution in [3.05, 3.63) is 58.1 Å². The Hall–Kier alpha value is -2.44. The van der Waals surface area contributed by atoms with Crippen LogP contribution in [0.5, 0.6) is 11.5 Å². The second-order valence-corrected chi connectivity index (χ2v) is 7.52. The van der Waals surface area contributed by atoms with Crippen LogP contribution in [0.4, 0.5) is 0 Å². The Kier molecular flexibility index (Phi) is 7.23. The molecule has 0 aromatic heterocycles. The lowest BCUT2D eigenvalue weighted by molar-refractivity contribution is -0.124. The number of para-hydroxylation sites is 2. The normalized spacial score (nSPS) is 14.4. The molecule has 0 spiro atoms. The maximum Gasteiger partial charge on any atom is 0.258 e. The van der Waals surface area contributed by atoms with Gasteiger partial charge in [0.25, 0.3) is 11.8 Å². The molecule has 1 aliphatic rings. The number of carbonyl (C=O) groups excluding carboxylic acids is 2. The van der Waals surface area contributed by atoms with Gasteiger partial charge in [-0.05, 0) is 43.2 Å². The Bertz CT molecular complexity index is 883. The molecule has 2 amide bonds. The van der Waals surface area contributed by atoms with E-state index >= 15 is 0 Å². The summed E-state index contributed by atoms with van der Waals surface area (Å²) < 4.78 is 10.7. The van der Waals surface area contributed by atoms with Gasteiger partial charge in [0.1, 0.15) is 0 Å². The third-order valence-corrected chi connectivity index (χ3v) is 5.48. The Morgan fingerprint density at radius 3 is 2.41 bits per heavy atom. The maximum absolute atomic E-state index is 12.6. The Labute approximate surface area is 179 Å². The van der Waals surface area contributed by atoms with E-state index in [-0.39, 0.29) is 24.5 Å². The SMILES string of the molecule is COc1ccccc1OCC(=O)NC1CCN(C(=O)c2ccc(Cl)c(Cl)c2)CC1.